The maximum Gasteiger partial charge on any atom is 0.317 e. The van der Waals surface area contributed by atoms with Gasteiger partial charge in [0.25, 0.3) is 0 Å². The van der Waals surface area contributed by atoms with E-state index >= 15 is 0 Å². The highest BCUT2D eigenvalue weighted by Gasteiger charge is 2.26. The average molecular weight is 397 g/mol. The number of nitrogens with zero attached hydrogens (tertiary/aromatic N) is 3. The van der Waals surface area contributed by atoms with Gasteiger partial charge in [-0.15, -0.1) is 0 Å². The van der Waals surface area contributed by atoms with Crippen LogP contribution in [0.4, 0.5) is 4.79 Å². The molecule has 2 saturated heterocycles. The predicted octanol–water partition coefficient (Wildman–Crippen LogP) is 2.47. The van der Waals surface area contributed by atoms with Gasteiger partial charge >= 0.3 is 12.0 Å². The van der Waals surface area contributed by atoms with Crippen molar-refractivity contribution in [2.24, 2.45) is 5.92 Å². The third kappa shape index (κ3) is 7.24. The van der Waals surface area contributed by atoms with Crippen molar-refractivity contribution < 1.29 is 14.7 Å². The Labute approximate surface area is 170 Å². The Kier molecular flexibility index (Phi) is 9.51. The lowest BCUT2D eigenvalue weighted by molar-refractivity contribution is -0.138. The fourth-order valence-electron chi connectivity index (χ4n) is 4.58. The molecule has 2 N–H and O–H groups in total. The van der Waals surface area contributed by atoms with E-state index in [1.807, 2.05) is 16.8 Å². The van der Waals surface area contributed by atoms with E-state index in [4.69, 9.17) is 5.11 Å². The maximum atomic E-state index is 12.8. The van der Waals surface area contributed by atoms with E-state index < -0.39 is 5.97 Å². The van der Waals surface area contributed by atoms with Crippen LogP contribution >= 0.6 is 0 Å². The van der Waals surface area contributed by atoms with E-state index in [1.165, 1.54) is 25.7 Å². The molecule has 2 atom stereocenters. The molecule has 0 aliphatic carbocycles. The lowest BCUT2D eigenvalue weighted by atomic mass is 10.0. The van der Waals surface area contributed by atoms with Gasteiger partial charge in [-0.25, -0.2) is 4.79 Å². The van der Waals surface area contributed by atoms with Crippen molar-refractivity contribution in [1.82, 2.24) is 20.0 Å². The Balaban J connectivity index is 1.83. The Morgan fingerprint density at radius 3 is 2.32 bits per heavy atom. The first-order chi connectivity index (χ1) is 13.4. The zero-order chi connectivity index (χ0) is 20.5. The average Bonchev–Trinajstić information content (AvgIpc) is 3.04. The number of carbonyl (C=O) groups excluding carboxylic acids is 1. The number of amides is 2. The summed E-state index contributed by atoms with van der Waals surface area (Å²) in [5, 5.41) is 12.2. The van der Waals surface area contributed by atoms with Gasteiger partial charge in [-0.2, -0.15) is 0 Å². The van der Waals surface area contributed by atoms with Crippen LogP contribution in [0, 0.1) is 5.92 Å². The van der Waals surface area contributed by atoms with Crippen LogP contribution in [0.25, 0.3) is 0 Å². The lowest BCUT2D eigenvalue weighted by Gasteiger charge is -2.34. The van der Waals surface area contributed by atoms with E-state index in [9.17, 15) is 9.59 Å². The van der Waals surface area contributed by atoms with Crippen molar-refractivity contribution in [3.63, 3.8) is 0 Å². The first-order valence-electron chi connectivity index (χ1n) is 11.1. The monoisotopic (exact) mass is 396 g/mol. The predicted molar refractivity (Wildman–Crippen MR) is 112 cm³/mol. The number of likely N-dealkylation sites (N-methyl/N-ethyl adjacent to an activating group) is 1. The molecule has 7 nitrogen and oxygen atoms in total. The summed E-state index contributed by atoms with van der Waals surface area (Å²) < 4.78 is 0. The zero-order valence-electron chi connectivity index (χ0n) is 18.0. The second-order valence-electron chi connectivity index (χ2n) is 8.83. The number of carboxylic acids is 1. The molecule has 0 aromatic carbocycles. The molecule has 2 unspecified atom stereocenters. The van der Waals surface area contributed by atoms with Crippen molar-refractivity contribution in [2.45, 2.75) is 70.9 Å². The van der Waals surface area contributed by atoms with Crippen molar-refractivity contribution in [2.75, 3.05) is 46.3 Å². The number of hydrogen-bond acceptors (Lipinski definition) is 4. The fraction of sp³-hybridized carbons (Fsp3) is 0.905. The van der Waals surface area contributed by atoms with E-state index in [2.05, 4.69) is 24.1 Å². The SMILES string of the molecule is CC(C)C(CNC(=O)N1CCCC(N(C)CC(=O)O)CC1)N1CCCCCC1. The Morgan fingerprint density at radius 1 is 1.04 bits per heavy atom. The molecule has 2 aliphatic heterocycles. The minimum Gasteiger partial charge on any atom is -0.480 e. The number of carboxylic acid groups (broad SMARTS) is 1. The smallest absolute Gasteiger partial charge is 0.317 e. The van der Waals surface area contributed by atoms with Gasteiger partial charge in [-0.1, -0.05) is 26.7 Å². The molecule has 0 bridgehead atoms. The second kappa shape index (κ2) is 11.6. The lowest BCUT2D eigenvalue weighted by Crippen LogP contribution is -2.50. The molecule has 0 aromatic heterocycles. The summed E-state index contributed by atoms with van der Waals surface area (Å²) in [6.07, 6.45) is 7.84. The third-order valence-corrected chi connectivity index (χ3v) is 6.33. The molecule has 0 aromatic rings. The van der Waals surface area contributed by atoms with E-state index in [0.29, 0.717) is 25.0 Å². The summed E-state index contributed by atoms with van der Waals surface area (Å²) in [5.74, 6) is -0.286. The molecule has 28 heavy (non-hydrogen) atoms. The van der Waals surface area contributed by atoms with E-state index in [-0.39, 0.29) is 18.6 Å². The van der Waals surface area contributed by atoms with Crippen LogP contribution in [-0.4, -0.2) is 90.2 Å². The standard InChI is InChI=1S/C21H40N4O3/c1-17(2)19(24-11-6-4-5-7-12-24)15-22-21(28)25-13-8-9-18(10-14-25)23(3)16-20(26)27/h17-19H,4-16H2,1-3H3,(H,22,28)(H,26,27). The van der Waals surface area contributed by atoms with Crippen LogP contribution in [0.15, 0.2) is 0 Å². The number of aliphatic carboxylic acids is 1. The summed E-state index contributed by atoms with van der Waals surface area (Å²) in [4.78, 5) is 30.1. The number of rotatable bonds is 7. The first-order valence-corrected chi connectivity index (χ1v) is 11.1. The summed E-state index contributed by atoms with van der Waals surface area (Å²) in [5.41, 5.74) is 0. The number of urea groups is 1. The van der Waals surface area contributed by atoms with Crippen molar-refractivity contribution in [3.8, 4) is 0 Å². The summed E-state index contributed by atoms with van der Waals surface area (Å²) in [6, 6.07) is 0.653. The summed E-state index contributed by atoms with van der Waals surface area (Å²) in [6.45, 7) is 8.97. The van der Waals surface area contributed by atoms with Crippen molar-refractivity contribution in [1.29, 1.82) is 0 Å². The highest BCUT2D eigenvalue weighted by molar-refractivity contribution is 5.74. The molecular weight excluding hydrogens is 356 g/mol. The maximum absolute atomic E-state index is 12.8. The number of hydrogen-bond donors (Lipinski definition) is 2. The quantitative estimate of drug-likeness (QED) is 0.691. The minimum absolute atomic E-state index is 0.0296. The Morgan fingerprint density at radius 2 is 1.71 bits per heavy atom. The summed E-state index contributed by atoms with van der Waals surface area (Å²) >= 11 is 0. The largest absolute Gasteiger partial charge is 0.480 e. The van der Waals surface area contributed by atoms with E-state index in [1.54, 1.807) is 0 Å². The molecule has 7 heteroatoms. The van der Waals surface area contributed by atoms with Gasteiger partial charge in [0.15, 0.2) is 0 Å². The third-order valence-electron chi connectivity index (χ3n) is 6.33. The molecule has 0 spiro atoms. The highest BCUT2D eigenvalue weighted by Crippen LogP contribution is 2.18. The van der Waals surface area contributed by atoms with Gasteiger partial charge in [-0.05, 0) is 58.2 Å². The van der Waals surface area contributed by atoms with E-state index in [0.717, 1.165) is 38.9 Å². The second-order valence-corrected chi connectivity index (χ2v) is 8.83. The zero-order valence-corrected chi connectivity index (χ0v) is 18.0. The molecule has 2 rings (SSSR count). The fourth-order valence-corrected chi connectivity index (χ4v) is 4.58. The van der Waals surface area contributed by atoms with Gasteiger partial charge < -0.3 is 15.3 Å². The topological polar surface area (TPSA) is 76.1 Å². The summed E-state index contributed by atoms with van der Waals surface area (Å²) in [7, 11) is 1.86. The molecule has 2 fully saturated rings. The normalized spacial score (nSPS) is 23.3. The van der Waals surface area contributed by atoms with Crippen LogP contribution in [0.5, 0.6) is 0 Å². The van der Waals surface area contributed by atoms with Crippen LogP contribution in [0.3, 0.4) is 0 Å². The van der Waals surface area contributed by atoms with Crippen LogP contribution in [-0.2, 0) is 4.79 Å². The van der Waals surface area contributed by atoms with Crippen molar-refractivity contribution in [3.05, 3.63) is 0 Å². The van der Waals surface area contributed by atoms with Gasteiger partial charge in [0.2, 0.25) is 0 Å². The van der Waals surface area contributed by atoms with Gasteiger partial charge in [0.05, 0.1) is 6.54 Å². The number of carbonyl (C=O) groups is 2. The van der Waals surface area contributed by atoms with Crippen LogP contribution in [0.1, 0.15) is 58.8 Å². The molecule has 2 aliphatic rings. The molecule has 0 radical (unpaired) electrons. The number of nitrogens with one attached hydrogen (secondary N) is 1. The Bertz CT molecular complexity index is 492. The van der Waals surface area contributed by atoms with Crippen molar-refractivity contribution >= 4 is 12.0 Å². The molecular formula is C21H40N4O3. The highest BCUT2D eigenvalue weighted by atomic mass is 16.4. The molecule has 2 heterocycles. The molecule has 2 amide bonds. The molecule has 0 saturated carbocycles. The molecule has 162 valence electrons. The Hall–Kier alpha value is -1.34. The minimum atomic E-state index is -0.797. The van der Waals surface area contributed by atoms with Crippen LogP contribution < -0.4 is 5.32 Å². The van der Waals surface area contributed by atoms with Crippen LogP contribution in [0.2, 0.25) is 0 Å². The first kappa shape index (κ1) is 22.9. The van der Waals surface area contributed by atoms with Gasteiger partial charge in [-0.3, -0.25) is 14.6 Å². The number of likely N-dealkylation sites (tertiary alicyclic amines) is 2. The van der Waals surface area contributed by atoms with Gasteiger partial charge in [0.1, 0.15) is 0 Å². The van der Waals surface area contributed by atoms with Gasteiger partial charge in [0, 0.05) is 31.7 Å².